The van der Waals surface area contributed by atoms with E-state index in [1.807, 2.05) is 6.92 Å². The molecule has 2 saturated carbocycles. The van der Waals surface area contributed by atoms with Crippen molar-refractivity contribution in [3.05, 3.63) is 70.8 Å². The van der Waals surface area contributed by atoms with E-state index in [-0.39, 0.29) is 17.2 Å². The fraction of sp³-hybridized carbons (Fsp3) is 0.600. The summed E-state index contributed by atoms with van der Waals surface area (Å²) in [5, 5.41) is 0. The molecule has 0 spiro atoms. The standard InChI is InChI=1S/C30H40F2/c1-3-7-28-29(31)19-27(20-30(28)32)26-16-14-25(15-17-26)24-12-10-22(11-13-24)18-21(2)23-8-5-4-6-9-23/h4-6,8-9,19-22,24-26H,3,7,10-18H2,1-2H3/t21-,22?,24?,25?,26?/m0/s1. The van der Waals surface area contributed by atoms with Gasteiger partial charge in [0.1, 0.15) is 11.6 Å². The molecule has 0 bridgehead atoms. The lowest BCUT2D eigenvalue weighted by atomic mass is 9.67. The van der Waals surface area contributed by atoms with Crippen LogP contribution in [0.4, 0.5) is 8.78 Å². The van der Waals surface area contributed by atoms with Crippen LogP contribution in [0, 0.1) is 29.4 Å². The molecule has 0 heterocycles. The zero-order valence-electron chi connectivity index (χ0n) is 20.0. The Morgan fingerprint density at radius 1 is 0.812 bits per heavy atom. The van der Waals surface area contributed by atoms with Gasteiger partial charge in [-0.05, 0) is 104 Å². The molecule has 4 rings (SSSR count). The molecule has 2 aliphatic carbocycles. The summed E-state index contributed by atoms with van der Waals surface area (Å²) >= 11 is 0. The molecule has 2 aromatic rings. The first-order valence-electron chi connectivity index (χ1n) is 13.1. The van der Waals surface area contributed by atoms with E-state index < -0.39 is 0 Å². The first-order chi connectivity index (χ1) is 15.5. The van der Waals surface area contributed by atoms with Gasteiger partial charge in [0.15, 0.2) is 0 Å². The van der Waals surface area contributed by atoms with Crippen LogP contribution in [0.1, 0.15) is 107 Å². The molecule has 0 nitrogen and oxygen atoms in total. The van der Waals surface area contributed by atoms with Gasteiger partial charge in [-0.15, -0.1) is 0 Å². The molecule has 0 amide bonds. The van der Waals surface area contributed by atoms with E-state index in [0.29, 0.717) is 18.3 Å². The lowest BCUT2D eigenvalue weighted by Crippen LogP contribution is -2.26. The minimum Gasteiger partial charge on any atom is -0.207 e. The van der Waals surface area contributed by atoms with Crippen LogP contribution < -0.4 is 0 Å². The normalized spacial score (nSPS) is 27.2. The maximum Gasteiger partial charge on any atom is 0.129 e. The Balaban J connectivity index is 1.25. The van der Waals surface area contributed by atoms with Crippen LogP contribution in [-0.2, 0) is 6.42 Å². The quantitative estimate of drug-likeness (QED) is 0.404. The summed E-state index contributed by atoms with van der Waals surface area (Å²) in [5.74, 6) is 2.84. The van der Waals surface area contributed by atoms with E-state index >= 15 is 0 Å². The lowest BCUT2D eigenvalue weighted by molar-refractivity contribution is 0.154. The van der Waals surface area contributed by atoms with Crippen LogP contribution in [-0.4, -0.2) is 0 Å². The molecule has 0 N–H and O–H groups in total. The average molecular weight is 439 g/mol. The summed E-state index contributed by atoms with van der Waals surface area (Å²) in [6.45, 7) is 4.34. The smallest absolute Gasteiger partial charge is 0.129 e. The molecule has 2 heteroatoms. The van der Waals surface area contributed by atoms with Gasteiger partial charge in [-0.2, -0.15) is 0 Å². The molecule has 0 aliphatic heterocycles. The molecule has 0 aromatic heterocycles. The van der Waals surface area contributed by atoms with E-state index in [0.717, 1.165) is 42.6 Å². The van der Waals surface area contributed by atoms with Crippen molar-refractivity contribution >= 4 is 0 Å². The summed E-state index contributed by atoms with van der Waals surface area (Å²) in [4.78, 5) is 0. The fourth-order valence-electron chi connectivity index (χ4n) is 6.58. The topological polar surface area (TPSA) is 0 Å². The lowest BCUT2D eigenvalue weighted by Gasteiger charge is -2.38. The molecule has 2 aromatic carbocycles. The number of rotatable bonds is 7. The van der Waals surface area contributed by atoms with Crippen LogP contribution in [0.3, 0.4) is 0 Å². The fourth-order valence-corrected chi connectivity index (χ4v) is 6.58. The third kappa shape index (κ3) is 5.61. The molecule has 174 valence electrons. The highest BCUT2D eigenvalue weighted by atomic mass is 19.1. The maximum atomic E-state index is 14.4. The van der Waals surface area contributed by atoms with E-state index in [1.165, 1.54) is 50.5 Å². The van der Waals surface area contributed by atoms with Gasteiger partial charge in [-0.3, -0.25) is 0 Å². The predicted molar refractivity (Wildman–Crippen MR) is 130 cm³/mol. The Morgan fingerprint density at radius 3 is 1.94 bits per heavy atom. The van der Waals surface area contributed by atoms with Gasteiger partial charge in [-0.1, -0.05) is 63.4 Å². The van der Waals surface area contributed by atoms with Crippen molar-refractivity contribution in [1.82, 2.24) is 0 Å². The van der Waals surface area contributed by atoms with Crippen molar-refractivity contribution < 1.29 is 8.78 Å². The molecular weight excluding hydrogens is 398 g/mol. The molecule has 0 radical (unpaired) electrons. The number of halogens is 2. The van der Waals surface area contributed by atoms with E-state index in [1.54, 1.807) is 12.1 Å². The maximum absolute atomic E-state index is 14.4. The highest BCUT2D eigenvalue weighted by molar-refractivity contribution is 5.29. The number of hydrogen-bond acceptors (Lipinski definition) is 0. The van der Waals surface area contributed by atoms with Gasteiger partial charge in [0.05, 0.1) is 0 Å². The highest BCUT2D eigenvalue weighted by Crippen LogP contribution is 2.45. The van der Waals surface area contributed by atoms with Gasteiger partial charge in [-0.25, -0.2) is 8.78 Å². The summed E-state index contributed by atoms with van der Waals surface area (Å²) < 4.78 is 28.8. The van der Waals surface area contributed by atoms with Crippen molar-refractivity contribution in [1.29, 1.82) is 0 Å². The molecule has 32 heavy (non-hydrogen) atoms. The first-order valence-corrected chi connectivity index (χ1v) is 13.1. The molecular formula is C30H40F2. The van der Waals surface area contributed by atoms with Crippen LogP contribution in [0.15, 0.2) is 42.5 Å². The van der Waals surface area contributed by atoms with Gasteiger partial charge in [0.2, 0.25) is 0 Å². The summed E-state index contributed by atoms with van der Waals surface area (Å²) in [6, 6.07) is 14.2. The Labute approximate surface area is 193 Å². The van der Waals surface area contributed by atoms with Crippen LogP contribution in [0.5, 0.6) is 0 Å². The Hall–Kier alpha value is -1.70. The number of hydrogen-bond donors (Lipinski definition) is 0. The zero-order chi connectivity index (χ0) is 22.5. The van der Waals surface area contributed by atoms with Crippen LogP contribution >= 0.6 is 0 Å². The first kappa shape index (κ1) is 23.5. The zero-order valence-corrected chi connectivity index (χ0v) is 20.0. The van der Waals surface area contributed by atoms with E-state index in [2.05, 4.69) is 37.3 Å². The minimum atomic E-state index is -0.341. The highest BCUT2D eigenvalue weighted by Gasteiger charge is 2.32. The van der Waals surface area contributed by atoms with Gasteiger partial charge in [0, 0.05) is 5.56 Å². The summed E-state index contributed by atoms with van der Waals surface area (Å²) in [7, 11) is 0. The molecule has 0 saturated heterocycles. The van der Waals surface area contributed by atoms with Crippen molar-refractivity contribution in [2.45, 2.75) is 96.3 Å². The van der Waals surface area contributed by atoms with Gasteiger partial charge in [0.25, 0.3) is 0 Å². The van der Waals surface area contributed by atoms with Gasteiger partial charge >= 0.3 is 0 Å². The molecule has 2 fully saturated rings. The van der Waals surface area contributed by atoms with E-state index in [4.69, 9.17) is 0 Å². The average Bonchev–Trinajstić information content (AvgIpc) is 2.82. The third-order valence-electron chi connectivity index (χ3n) is 8.52. The third-order valence-corrected chi connectivity index (χ3v) is 8.52. The van der Waals surface area contributed by atoms with Crippen molar-refractivity contribution in [2.24, 2.45) is 17.8 Å². The minimum absolute atomic E-state index is 0.267. The second-order valence-electron chi connectivity index (χ2n) is 10.7. The number of benzene rings is 2. The Morgan fingerprint density at radius 2 is 1.38 bits per heavy atom. The largest absolute Gasteiger partial charge is 0.207 e. The summed E-state index contributed by atoms with van der Waals surface area (Å²) in [5.41, 5.74) is 2.63. The SMILES string of the molecule is CCCc1c(F)cc(C2CCC(C3CCC(C[C@H](C)c4ccccc4)CC3)CC2)cc1F. The van der Waals surface area contributed by atoms with Crippen LogP contribution in [0.2, 0.25) is 0 Å². The second kappa shape index (κ2) is 10.9. The van der Waals surface area contributed by atoms with Crippen molar-refractivity contribution in [2.75, 3.05) is 0 Å². The Bertz CT molecular complexity index is 819. The van der Waals surface area contributed by atoms with E-state index in [9.17, 15) is 8.78 Å². The summed E-state index contributed by atoms with van der Waals surface area (Å²) in [6.07, 6.45) is 12.7. The monoisotopic (exact) mass is 438 g/mol. The van der Waals surface area contributed by atoms with Crippen molar-refractivity contribution in [3.63, 3.8) is 0 Å². The van der Waals surface area contributed by atoms with Crippen LogP contribution in [0.25, 0.3) is 0 Å². The van der Waals surface area contributed by atoms with Gasteiger partial charge < -0.3 is 0 Å². The predicted octanol–water partition coefficient (Wildman–Crippen LogP) is 9.19. The van der Waals surface area contributed by atoms with Crippen molar-refractivity contribution in [3.8, 4) is 0 Å². The molecule has 0 unspecified atom stereocenters. The molecule has 1 atom stereocenters. The second-order valence-corrected chi connectivity index (χ2v) is 10.7. The molecule has 2 aliphatic rings. The Kier molecular flexibility index (Phi) is 8.02.